The van der Waals surface area contributed by atoms with Crippen LogP contribution in [0.2, 0.25) is 5.02 Å². The van der Waals surface area contributed by atoms with E-state index in [1.165, 1.54) is 5.56 Å². The summed E-state index contributed by atoms with van der Waals surface area (Å²) in [6.07, 6.45) is 1.57. The van der Waals surface area contributed by atoms with E-state index >= 15 is 0 Å². The molecule has 0 spiro atoms. The van der Waals surface area contributed by atoms with Gasteiger partial charge in [0.05, 0.1) is 0 Å². The summed E-state index contributed by atoms with van der Waals surface area (Å²) in [5, 5.41) is 3.61. The maximum Gasteiger partial charge on any atom is 0.243 e. The molecule has 0 aliphatic rings. The summed E-state index contributed by atoms with van der Waals surface area (Å²) in [6, 6.07) is 15.4. The zero-order valence-electron chi connectivity index (χ0n) is 19.3. The molecule has 2 aromatic rings. The van der Waals surface area contributed by atoms with Gasteiger partial charge in [-0.2, -0.15) is 0 Å². The second-order valence-corrected chi connectivity index (χ2v) is 9.07. The van der Waals surface area contributed by atoms with Crippen molar-refractivity contribution in [2.45, 2.75) is 78.4 Å². The second kappa shape index (κ2) is 11.9. The van der Waals surface area contributed by atoms with E-state index in [4.69, 9.17) is 11.6 Å². The fourth-order valence-electron chi connectivity index (χ4n) is 3.55. The molecule has 0 unspecified atom stereocenters. The third-order valence-corrected chi connectivity index (χ3v) is 5.61. The number of carbonyl (C=O) groups is 2. The molecule has 31 heavy (non-hydrogen) atoms. The van der Waals surface area contributed by atoms with Gasteiger partial charge in [-0.25, -0.2) is 0 Å². The van der Waals surface area contributed by atoms with Crippen LogP contribution in [0.5, 0.6) is 0 Å². The van der Waals surface area contributed by atoms with Gasteiger partial charge >= 0.3 is 0 Å². The quantitative estimate of drug-likeness (QED) is 0.510. The van der Waals surface area contributed by atoms with Gasteiger partial charge in [0.25, 0.3) is 0 Å². The Labute approximate surface area is 192 Å². The smallest absolute Gasteiger partial charge is 0.243 e. The largest absolute Gasteiger partial charge is 0.352 e. The number of nitrogens with zero attached hydrogens (tertiary/aromatic N) is 1. The van der Waals surface area contributed by atoms with Crippen LogP contribution in [0.15, 0.2) is 48.5 Å². The molecule has 2 aromatic carbocycles. The van der Waals surface area contributed by atoms with Gasteiger partial charge in [-0.15, -0.1) is 0 Å². The van der Waals surface area contributed by atoms with Gasteiger partial charge in [0, 0.05) is 24.0 Å². The second-order valence-electron chi connectivity index (χ2n) is 8.63. The van der Waals surface area contributed by atoms with E-state index in [-0.39, 0.29) is 17.9 Å². The SMILES string of the molecule is CC[C@@H](C(=O)NC(C)C)N(Cc1ccc(Cl)cc1)C(=O)CCc1ccc(C(C)C)cc1. The van der Waals surface area contributed by atoms with Crippen LogP contribution in [-0.4, -0.2) is 28.8 Å². The highest BCUT2D eigenvalue weighted by Gasteiger charge is 2.28. The Morgan fingerprint density at radius 1 is 0.935 bits per heavy atom. The monoisotopic (exact) mass is 442 g/mol. The predicted molar refractivity (Wildman–Crippen MR) is 128 cm³/mol. The molecule has 0 aliphatic carbocycles. The topological polar surface area (TPSA) is 49.4 Å². The Balaban J connectivity index is 2.17. The summed E-state index contributed by atoms with van der Waals surface area (Å²) in [5.74, 6) is 0.352. The summed E-state index contributed by atoms with van der Waals surface area (Å²) in [7, 11) is 0. The summed E-state index contributed by atoms with van der Waals surface area (Å²) < 4.78 is 0. The first-order chi connectivity index (χ1) is 14.7. The lowest BCUT2D eigenvalue weighted by Gasteiger charge is -2.31. The van der Waals surface area contributed by atoms with Gasteiger partial charge in [0.2, 0.25) is 11.8 Å². The molecule has 0 aliphatic heterocycles. The Morgan fingerprint density at radius 2 is 1.52 bits per heavy atom. The minimum absolute atomic E-state index is 0.0198. The molecule has 0 radical (unpaired) electrons. The number of amides is 2. The van der Waals surface area contributed by atoms with Crippen LogP contribution in [-0.2, 0) is 22.6 Å². The Kier molecular flexibility index (Phi) is 9.57. The van der Waals surface area contributed by atoms with E-state index in [2.05, 4.69) is 43.4 Å². The summed E-state index contributed by atoms with van der Waals surface area (Å²) >= 11 is 6.01. The third kappa shape index (κ3) is 7.70. The van der Waals surface area contributed by atoms with E-state index < -0.39 is 6.04 Å². The van der Waals surface area contributed by atoms with Crippen LogP contribution in [0.1, 0.15) is 70.1 Å². The summed E-state index contributed by atoms with van der Waals surface area (Å²) in [4.78, 5) is 27.8. The molecule has 2 amide bonds. The van der Waals surface area contributed by atoms with Crippen LogP contribution in [0, 0.1) is 0 Å². The van der Waals surface area contributed by atoms with E-state index in [1.54, 1.807) is 4.90 Å². The Hall–Kier alpha value is -2.33. The highest BCUT2D eigenvalue weighted by atomic mass is 35.5. The number of hydrogen-bond acceptors (Lipinski definition) is 2. The summed E-state index contributed by atoms with van der Waals surface area (Å²) in [5.41, 5.74) is 3.37. The molecule has 0 fully saturated rings. The Morgan fingerprint density at radius 3 is 2.03 bits per heavy atom. The van der Waals surface area contributed by atoms with E-state index in [9.17, 15) is 9.59 Å². The minimum Gasteiger partial charge on any atom is -0.352 e. The van der Waals surface area contributed by atoms with Crippen LogP contribution in [0.25, 0.3) is 0 Å². The fourth-order valence-corrected chi connectivity index (χ4v) is 3.68. The zero-order chi connectivity index (χ0) is 23.0. The van der Waals surface area contributed by atoms with Crippen molar-refractivity contribution < 1.29 is 9.59 Å². The highest BCUT2D eigenvalue weighted by Crippen LogP contribution is 2.19. The molecular formula is C26H35ClN2O2. The third-order valence-electron chi connectivity index (χ3n) is 5.36. The molecule has 168 valence electrons. The first kappa shape index (κ1) is 24.9. The van der Waals surface area contributed by atoms with Gasteiger partial charge in [0.1, 0.15) is 6.04 Å². The van der Waals surface area contributed by atoms with Crippen molar-refractivity contribution in [3.8, 4) is 0 Å². The number of benzene rings is 2. The lowest BCUT2D eigenvalue weighted by molar-refractivity contribution is -0.141. The zero-order valence-corrected chi connectivity index (χ0v) is 20.1. The highest BCUT2D eigenvalue weighted by molar-refractivity contribution is 6.30. The van der Waals surface area contributed by atoms with Crippen LogP contribution >= 0.6 is 11.6 Å². The number of nitrogens with one attached hydrogen (secondary N) is 1. The lowest BCUT2D eigenvalue weighted by atomic mass is 10.00. The van der Waals surface area contributed by atoms with E-state index in [0.717, 1.165) is 11.1 Å². The molecule has 0 saturated heterocycles. The maximum atomic E-state index is 13.3. The predicted octanol–water partition coefficient (Wildman–Crippen LogP) is 5.73. The molecule has 0 heterocycles. The van der Waals surface area contributed by atoms with Crippen LogP contribution < -0.4 is 5.32 Å². The molecule has 0 bridgehead atoms. The average molecular weight is 443 g/mol. The van der Waals surface area contributed by atoms with Crippen LogP contribution in [0.4, 0.5) is 0 Å². The Bertz CT molecular complexity index is 845. The molecule has 0 aromatic heterocycles. The normalized spacial score (nSPS) is 12.1. The number of carbonyl (C=O) groups excluding carboxylic acids is 2. The van der Waals surface area contributed by atoms with Crippen molar-refractivity contribution in [1.82, 2.24) is 10.2 Å². The molecular weight excluding hydrogens is 408 g/mol. The lowest BCUT2D eigenvalue weighted by Crippen LogP contribution is -2.50. The van der Waals surface area contributed by atoms with Crippen molar-refractivity contribution in [2.75, 3.05) is 0 Å². The van der Waals surface area contributed by atoms with Gasteiger partial charge in [-0.05, 0) is 61.4 Å². The van der Waals surface area contributed by atoms with Crippen molar-refractivity contribution in [3.05, 3.63) is 70.2 Å². The van der Waals surface area contributed by atoms with E-state index in [0.29, 0.717) is 36.7 Å². The first-order valence-electron chi connectivity index (χ1n) is 11.1. The van der Waals surface area contributed by atoms with Gasteiger partial charge < -0.3 is 10.2 Å². The number of aryl methyl sites for hydroxylation is 1. The number of halogens is 1. The van der Waals surface area contributed by atoms with Crippen molar-refractivity contribution in [1.29, 1.82) is 0 Å². The average Bonchev–Trinajstić information content (AvgIpc) is 2.73. The minimum atomic E-state index is -0.506. The molecule has 2 rings (SSSR count). The van der Waals surface area contributed by atoms with Crippen molar-refractivity contribution in [2.24, 2.45) is 0 Å². The van der Waals surface area contributed by atoms with Crippen LogP contribution in [0.3, 0.4) is 0 Å². The molecule has 1 N–H and O–H groups in total. The maximum absolute atomic E-state index is 13.3. The number of rotatable bonds is 10. The van der Waals surface area contributed by atoms with E-state index in [1.807, 2.05) is 45.0 Å². The molecule has 5 heteroatoms. The number of hydrogen-bond donors (Lipinski definition) is 1. The van der Waals surface area contributed by atoms with Gasteiger partial charge in [-0.1, -0.05) is 68.8 Å². The molecule has 0 saturated carbocycles. The first-order valence-corrected chi connectivity index (χ1v) is 11.5. The van der Waals surface area contributed by atoms with Crippen molar-refractivity contribution in [3.63, 3.8) is 0 Å². The molecule has 4 nitrogen and oxygen atoms in total. The van der Waals surface area contributed by atoms with Gasteiger partial charge in [0.15, 0.2) is 0 Å². The van der Waals surface area contributed by atoms with Crippen molar-refractivity contribution >= 4 is 23.4 Å². The summed E-state index contributed by atoms with van der Waals surface area (Å²) in [6.45, 7) is 10.5. The van der Waals surface area contributed by atoms with Gasteiger partial charge in [-0.3, -0.25) is 9.59 Å². The standard InChI is InChI=1S/C26H35ClN2O2/c1-6-24(26(31)28-19(4)5)29(17-21-9-14-23(27)15-10-21)25(30)16-11-20-7-12-22(13-8-20)18(2)3/h7-10,12-15,18-19,24H,6,11,16-17H2,1-5H3,(H,28,31)/t24-/m0/s1. The fraction of sp³-hybridized carbons (Fsp3) is 0.462. The molecule has 1 atom stereocenters.